The second-order valence-corrected chi connectivity index (χ2v) is 3.90. The molecule has 0 nitrogen and oxygen atoms in total. The van der Waals surface area contributed by atoms with Crippen LogP contribution >= 0.6 is 46.4 Å². The number of halogens is 7. The third-order valence-electron chi connectivity index (χ3n) is 0.593. The maximum Gasteiger partial charge on any atom is 0.351 e. The smallest absolute Gasteiger partial charge is 0.204 e. The van der Waals surface area contributed by atoms with Crippen LogP contribution in [-0.2, 0) is 0 Å². The lowest BCUT2D eigenvalue weighted by Crippen LogP contribution is -2.34. The van der Waals surface area contributed by atoms with E-state index in [2.05, 4.69) is 46.4 Å². The predicted molar refractivity (Wildman–Crippen MR) is 35.4 cm³/mol. The zero-order valence-corrected chi connectivity index (χ0v) is 7.17. The lowest BCUT2D eigenvalue weighted by atomic mass is 10.4. The van der Waals surface area contributed by atoms with Crippen molar-refractivity contribution in [3.8, 4) is 0 Å². The molecule has 0 heterocycles. The van der Waals surface area contributed by atoms with Crippen LogP contribution in [0.2, 0.25) is 0 Å². The molecule has 0 N–H and O–H groups in total. The van der Waals surface area contributed by atoms with Gasteiger partial charge in [-0.05, 0) is 0 Å². The van der Waals surface area contributed by atoms with E-state index in [0.29, 0.717) is 0 Å². The van der Waals surface area contributed by atoms with Gasteiger partial charge in [0.05, 0.1) is 0 Å². The summed E-state index contributed by atoms with van der Waals surface area (Å²) in [5.74, 6) is 0. The number of hydrogen-bond acceptors (Lipinski definition) is 0. The van der Waals surface area contributed by atoms with Crippen molar-refractivity contribution < 1.29 is 13.2 Å². The van der Waals surface area contributed by atoms with Crippen LogP contribution < -0.4 is 0 Å². The molecule has 0 aromatic carbocycles. The van der Waals surface area contributed by atoms with Crippen LogP contribution in [0.3, 0.4) is 0 Å². The van der Waals surface area contributed by atoms with Gasteiger partial charge in [0.25, 0.3) is 4.59 Å². The highest BCUT2D eigenvalue weighted by molar-refractivity contribution is 6.62. The van der Waals surface area contributed by atoms with Crippen molar-refractivity contribution in [1.82, 2.24) is 0 Å². The Morgan fingerprint density at radius 1 is 1.00 bits per heavy atom. The summed E-state index contributed by atoms with van der Waals surface area (Å²) >= 11 is 18.5. The standard InChI is InChI=1S/C3Cl4F3/c4-2(5,1(8)9)3(6,7)10. The molecule has 0 fully saturated rings. The topological polar surface area (TPSA) is 0 Å². The molecule has 10 heavy (non-hydrogen) atoms. The van der Waals surface area contributed by atoms with E-state index in [1.54, 1.807) is 0 Å². The largest absolute Gasteiger partial charge is 0.351 e. The van der Waals surface area contributed by atoms with Gasteiger partial charge in [0, 0.05) is 0 Å². The minimum absolute atomic E-state index is 2.59. The average Bonchev–Trinajstić information content (AvgIpc) is 1.62. The van der Waals surface area contributed by atoms with Crippen molar-refractivity contribution in [3.63, 3.8) is 0 Å². The summed E-state index contributed by atoms with van der Waals surface area (Å²) in [6.07, 6.45) is -2.59. The van der Waals surface area contributed by atoms with Gasteiger partial charge >= 0.3 is 6.43 Å². The second-order valence-electron chi connectivity index (χ2n) is 1.33. The molecule has 0 spiro atoms. The minimum Gasteiger partial charge on any atom is -0.204 e. The monoisotopic (exact) mass is 233 g/mol. The van der Waals surface area contributed by atoms with Crippen molar-refractivity contribution >= 4 is 46.4 Å². The summed E-state index contributed by atoms with van der Waals surface area (Å²) in [7, 11) is 0. The van der Waals surface area contributed by atoms with E-state index in [0.717, 1.165) is 0 Å². The van der Waals surface area contributed by atoms with Crippen LogP contribution in [0.25, 0.3) is 0 Å². The first-order valence-corrected chi connectivity index (χ1v) is 3.33. The van der Waals surface area contributed by atoms with E-state index < -0.39 is 15.3 Å². The molecular formula is C3Cl4F3. The van der Waals surface area contributed by atoms with Crippen LogP contribution in [0.1, 0.15) is 0 Å². The Kier molecular flexibility index (Phi) is 3.43. The molecule has 0 aliphatic carbocycles. The van der Waals surface area contributed by atoms with Crippen LogP contribution in [0.15, 0.2) is 0 Å². The zero-order valence-electron chi connectivity index (χ0n) is 4.15. The summed E-state index contributed by atoms with van der Waals surface area (Å²) in [6.45, 7) is 0. The molecule has 0 unspecified atom stereocenters. The Morgan fingerprint density at radius 3 is 1.30 bits per heavy atom. The quantitative estimate of drug-likeness (QED) is 0.640. The van der Waals surface area contributed by atoms with Crippen molar-refractivity contribution in [2.24, 2.45) is 0 Å². The maximum absolute atomic E-state index is 12.2. The number of alkyl halides is 5. The van der Waals surface area contributed by atoms with Crippen LogP contribution in [0.5, 0.6) is 0 Å². The molecule has 0 saturated heterocycles. The minimum atomic E-state index is -3.39. The molecule has 0 aromatic heterocycles. The van der Waals surface area contributed by atoms with Crippen LogP contribution in [0.4, 0.5) is 13.2 Å². The van der Waals surface area contributed by atoms with Gasteiger partial charge in [-0.1, -0.05) is 46.4 Å². The summed E-state index contributed by atoms with van der Waals surface area (Å²) in [5, 5.41) is 0. The molecule has 61 valence electrons. The Morgan fingerprint density at radius 2 is 1.30 bits per heavy atom. The molecule has 0 saturated carbocycles. The van der Waals surface area contributed by atoms with E-state index >= 15 is 0 Å². The van der Waals surface area contributed by atoms with Crippen LogP contribution in [0, 0.1) is 6.43 Å². The molecular weight excluding hydrogens is 235 g/mol. The molecule has 0 atom stereocenters. The molecule has 0 bridgehead atoms. The van der Waals surface area contributed by atoms with Gasteiger partial charge in [-0.2, -0.15) is 8.78 Å². The first-order chi connectivity index (χ1) is 4.19. The van der Waals surface area contributed by atoms with Crippen molar-refractivity contribution in [3.05, 3.63) is 6.43 Å². The van der Waals surface area contributed by atoms with E-state index in [1.807, 2.05) is 0 Å². The Balaban J connectivity index is 4.40. The third kappa shape index (κ3) is 2.22. The van der Waals surface area contributed by atoms with E-state index in [4.69, 9.17) is 0 Å². The fourth-order valence-corrected chi connectivity index (χ4v) is 0.250. The summed E-state index contributed by atoms with van der Waals surface area (Å²) in [6, 6.07) is 0. The highest BCUT2D eigenvalue weighted by Gasteiger charge is 2.56. The lowest BCUT2D eigenvalue weighted by Gasteiger charge is -2.22. The number of hydrogen-bond donors (Lipinski definition) is 0. The average molecular weight is 235 g/mol. The van der Waals surface area contributed by atoms with Crippen LogP contribution in [-0.4, -0.2) is 8.92 Å². The Bertz CT molecular complexity index is 117. The van der Waals surface area contributed by atoms with Crippen molar-refractivity contribution in [2.75, 3.05) is 0 Å². The lowest BCUT2D eigenvalue weighted by molar-refractivity contribution is 0.209. The highest BCUT2D eigenvalue weighted by atomic mass is 35.5. The second kappa shape index (κ2) is 3.13. The normalized spacial score (nSPS) is 14.4. The molecule has 7 heteroatoms. The maximum atomic E-state index is 12.2. The van der Waals surface area contributed by atoms with Gasteiger partial charge in [0.1, 0.15) is 0 Å². The molecule has 0 aliphatic rings. The van der Waals surface area contributed by atoms with E-state index in [1.165, 1.54) is 0 Å². The fraction of sp³-hybridized carbons (Fsp3) is 0.667. The fourth-order valence-electron chi connectivity index (χ4n) is 0.107. The molecule has 1 radical (unpaired) electrons. The third-order valence-corrected chi connectivity index (χ3v) is 2.35. The highest BCUT2D eigenvalue weighted by Crippen LogP contribution is 2.50. The van der Waals surface area contributed by atoms with Gasteiger partial charge in [-0.15, -0.1) is 0 Å². The van der Waals surface area contributed by atoms with Gasteiger partial charge in [0.15, 0.2) is 0 Å². The molecule has 0 aromatic rings. The van der Waals surface area contributed by atoms with Gasteiger partial charge < -0.3 is 0 Å². The number of rotatable bonds is 2. The van der Waals surface area contributed by atoms with E-state index in [-0.39, 0.29) is 0 Å². The molecule has 0 rings (SSSR count). The van der Waals surface area contributed by atoms with Gasteiger partial charge in [-0.25, -0.2) is 4.39 Å². The summed E-state index contributed by atoms with van der Waals surface area (Å²) < 4.78 is 28.7. The van der Waals surface area contributed by atoms with Gasteiger partial charge in [0.2, 0.25) is 4.33 Å². The Hall–Kier alpha value is 0.950. The molecule has 0 aliphatic heterocycles. The Labute approximate surface area is 75.2 Å². The zero-order chi connectivity index (χ0) is 8.58. The molecule has 0 amide bonds. The van der Waals surface area contributed by atoms with Crippen molar-refractivity contribution in [2.45, 2.75) is 8.92 Å². The predicted octanol–water partition coefficient (Wildman–Crippen LogP) is 3.69. The SMILES string of the molecule is F[C](F)C(Cl)(Cl)C(F)(Cl)Cl. The first-order valence-electron chi connectivity index (χ1n) is 1.82. The van der Waals surface area contributed by atoms with E-state index in [9.17, 15) is 13.2 Å². The summed E-state index contributed by atoms with van der Waals surface area (Å²) in [4.78, 5) is 0. The first kappa shape index (κ1) is 11.0. The van der Waals surface area contributed by atoms with Gasteiger partial charge in [-0.3, -0.25) is 0 Å². The summed E-state index contributed by atoms with van der Waals surface area (Å²) in [5.41, 5.74) is 0. The van der Waals surface area contributed by atoms with Crippen molar-refractivity contribution in [1.29, 1.82) is 0 Å².